The van der Waals surface area contributed by atoms with Crippen molar-refractivity contribution in [3.8, 4) is 0 Å². The third-order valence-corrected chi connectivity index (χ3v) is 4.37. The standard InChI is InChI=1S/C14H18ClN3O2/c15-9-4-5-10(14(16)17-19)12(8-9)18-6-7-20-13-3-1-2-11(13)18/h4-5,8,11,13,19H,1-3,6-7H2,(H2,16,17). The van der Waals surface area contributed by atoms with Gasteiger partial charge in [0.2, 0.25) is 0 Å². The van der Waals surface area contributed by atoms with Crippen LogP contribution in [-0.4, -0.2) is 36.3 Å². The van der Waals surface area contributed by atoms with Crippen LogP contribution in [0.25, 0.3) is 0 Å². The second kappa shape index (κ2) is 5.50. The van der Waals surface area contributed by atoms with Gasteiger partial charge in [0.15, 0.2) is 5.84 Å². The molecule has 0 spiro atoms. The summed E-state index contributed by atoms with van der Waals surface area (Å²) in [5, 5.41) is 12.7. The van der Waals surface area contributed by atoms with E-state index in [-0.39, 0.29) is 11.9 Å². The molecule has 1 heterocycles. The molecule has 108 valence electrons. The van der Waals surface area contributed by atoms with Crippen molar-refractivity contribution in [3.05, 3.63) is 28.8 Å². The second-order valence-corrected chi connectivity index (χ2v) is 5.68. The summed E-state index contributed by atoms with van der Waals surface area (Å²) in [6.45, 7) is 1.50. The van der Waals surface area contributed by atoms with Crippen molar-refractivity contribution >= 4 is 23.1 Å². The third kappa shape index (κ3) is 2.31. The average Bonchev–Trinajstić information content (AvgIpc) is 2.94. The highest BCUT2D eigenvalue weighted by molar-refractivity contribution is 6.31. The van der Waals surface area contributed by atoms with Crippen molar-refractivity contribution in [2.45, 2.75) is 31.4 Å². The Morgan fingerprint density at radius 2 is 2.30 bits per heavy atom. The number of hydrogen-bond donors (Lipinski definition) is 2. The Hall–Kier alpha value is -1.46. The van der Waals surface area contributed by atoms with Crippen molar-refractivity contribution in [1.82, 2.24) is 0 Å². The number of hydrogen-bond acceptors (Lipinski definition) is 4. The Labute approximate surface area is 122 Å². The summed E-state index contributed by atoms with van der Waals surface area (Å²) in [6.07, 6.45) is 3.65. The minimum atomic E-state index is 0.109. The van der Waals surface area contributed by atoms with Crippen LogP contribution in [0.1, 0.15) is 24.8 Å². The minimum absolute atomic E-state index is 0.109. The molecule has 3 rings (SSSR count). The molecule has 1 saturated carbocycles. The molecule has 0 amide bonds. The number of halogens is 1. The lowest BCUT2D eigenvalue weighted by atomic mass is 10.1. The zero-order chi connectivity index (χ0) is 14.1. The normalized spacial score (nSPS) is 26.6. The minimum Gasteiger partial charge on any atom is -0.409 e. The van der Waals surface area contributed by atoms with Gasteiger partial charge >= 0.3 is 0 Å². The molecule has 6 heteroatoms. The Bertz CT molecular complexity index is 535. The number of nitrogens with zero attached hydrogens (tertiary/aromatic N) is 2. The van der Waals surface area contributed by atoms with E-state index in [0.29, 0.717) is 23.2 Å². The summed E-state index contributed by atoms with van der Waals surface area (Å²) in [5.74, 6) is 0.109. The molecule has 0 radical (unpaired) electrons. The summed E-state index contributed by atoms with van der Waals surface area (Å²) in [4.78, 5) is 2.29. The van der Waals surface area contributed by atoms with Crippen LogP contribution in [-0.2, 0) is 4.74 Å². The monoisotopic (exact) mass is 295 g/mol. The molecule has 0 aromatic heterocycles. The molecule has 1 aliphatic heterocycles. The number of anilines is 1. The van der Waals surface area contributed by atoms with E-state index in [1.54, 1.807) is 12.1 Å². The van der Waals surface area contributed by atoms with Crippen LogP contribution in [0.5, 0.6) is 0 Å². The molecule has 1 aromatic carbocycles. The number of fused-ring (bicyclic) bond motifs is 1. The van der Waals surface area contributed by atoms with E-state index in [4.69, 9.17) is 27.3 Å². The highest BCUT2D eigenvalue weighted by Crippen LogP contribution is 2.35. The number of rotatable bonds is 2. The number of nitrogens with two attached hydrogens (primary N) is 1. The Morgan fingerprint density at radius 1 is 1.45 bits per heavy atom. The van der Waals surface area contributed by atoms with E-state index in [1.165, 1.54) is 6.42 Å². The van der Waals surface area contributed by atoms with Crippen molar-refractivity contribution in [1.29, 1.82) is 0 Å². The lowest BCUT2D eigenvalue weighted by molar-refractivity contribution is 0.0256. The van der Waals surface area contributed by atoms with Crippen molar-refractivity contribution in [2.75, 3.05) is 18.1 Å². The van der Waals surface area contributed by atoms with Gasteiger partial charge in [-0.05, 0) is 37.5 Å². The molecule has 1 saturated heterocycles. The second-order valence-electron chi connectivity index (χ2n) is 5.25. The molecule has 2 fully saturated rings. The smallest absolute Gasteiger partial charge is 0.172 e. The predicted molar refractivity (Wildman–Crippen MR) is 78.7 cm³/mol. The largest absolute Gasteiger partial charge is 0.409 e. The first-order chi connectivity index (χ1) is 9.70. The molecule has 0 bridgehead atoms. The Balaban J connectivity index is 2.01. The van der Waals surface area contributed by atoms with Crippen molar-refractivity contribution < 1.29 is 9.94 Å². The number of benzene rings is 1. The molecule has 20 heavy (non-hydrogen) atoms. The van der Waals surface area contributed by atoms with Crippen LogP contribution in [0.15, 0.2) is 23.4 Å². The van der Waals surface area contributed by atoms with Crippen molar-refractivity contribution in [2.24, 2.45) is 10.9 Å². The molecule has 1 aromatic rings. The van der Waals surface area contributed by atoms with Gasteiger partial charge in [0, 0.05) is 22.8 Å². The molecule has 5 nitrogen and oxygen atoms in total. The molecule has 2 unspecified atom stereocenters. The number of oxime groups is 1. The van der Waals surface area contributed by atoms with E-state index in [1.807, 2.05) is 6.07 Å². The van der Waals surface area contributed by atoms with E-state index in [9.17, 15) is 0 Å². The van der Waals surface area contributed by atoms with Crippen LogP contribution in [0, 0.1) is 0 Å². The van der Waals surface area contributed by atoms with Gasteiger partial charge in [0.05, 0.1) is 18.8 Å². The van der Waals surface area contributed by atoms with Crippen LogP contribution in [0.4, 0.5) is 5.69 Å². The van der Waals surface area contributed by atoms with Crippen LogP contribution >= 0.6 is 11.6 Å². The summed E-state index contributed by atoms with van der Waals surface area (Å²) < 4.78 is 5.82. The molecule has 2 aliphatic rings. The van der Waals surface area contributed by atoms with Gasteiger partial charge in [0.25, 0.3) is 0 Å². The van der Waals surface area contributed by atoms with Gasteiger partial charge in [-0.3, -0.25) is 0 Å². The van der Waals surface area contributed by atoms with Gasteiger partial charge in [-0.15, -0.1) is 0 Å². The number of morpholine rings is 1. The lowest BCUT2D eigenvalue weighted by Gasteiger charge is -2.40. The summed E-state index contributed by atoms with van der Waals surface area (Å²) in [7, 11) is 0. The van der Waals surface area contributed by atoms with E-state index < -0.39 is 0 Å². The summed E-state index contributed by atoms with van der Waals surface area (Å²) in [5.41, 5.74) is 7.42. The van der Waals surface area contributed by atoms with Gasteiger partial charge in [-0.2, -0.15) is 0 Å². The fraction of sp³-hybridized carbons (Fsp3) is 0.500. The lowest BCUT2D eigenvalue weighted by Crippen LogP contribution is -2.49. The third-order valence-electron chi connectivity index (χ3n) is 4.14. The zero-order valence-electron chi connectivity index (χ0n) is 11.1. The molecule has 2 atom stereocenters. The highest BCUT2D eigenvalue weighted by Gasteiger charge is 2.37. The molecular formula is C14H18ClN3O2. The van der Waals surface area contributed by atoms with E-state index in [0.717, 1.165) is 25.1 Å². The zero-order valence-corrected chi connectivity index (χ0v) is 11.9. The van der Waals surface area contributed by atoms with Gasteiger partial charge < -0.3 is 20.6 Å². The average molecular weight is 296 g/mol. The maximum atomic E-state index is 8.95. The SMILES string of the molecule is NC(=NO)c1ccc(Cl)cc1N1CCOC2CCCC21. The van der Waals surface area contributed by atoms with Gasteiger partial charge in [-0.25, -0.2) is 0 Å². The highest BCUT2D eigenvalue weighted by atomic mass is 35.5. The first-order valence-corrected chi connectivity index (χ1v) is 7.24. The molecular weight excluding hydrogens is 278 g/mol. The number of amidine groups is 1. The van der Waals surface area contributed by atoms with Crippen molar-refractivity contribution in [3.63, 3.8) is 0 Å². The topological polar surface area (TPSA) is 71.1 Å². The molecule has 3 N–H and O–H groups in total. The van der Waals surface area contributed by atoms with E-state index >= 15 is 0 Å². The summed E-state index contributed by atoms with van der Waals surface area (Å²) >= 11 is 6.13. The van der Waals surface area contributed by atoms with Crippen LogP contribution < -0.4 is 10.6 Å². The van der Waals surface area contributed by atoms with Gasteiger partial charge in [-0.1, -0.05) is 16.8 Å². The maximum Gasteiger partial charge on any atom is 0.172 e. The quantitative estimate of drug-likeness (QED) is 0.380. The predicted octanol–water partition coefficient (Wildman–Crippen LogP) is 2.19. The first-order valence-electron chi connectivity index (χ1n) is 6.86. The number of ether oxygens (including phenoxy) is 1. The fourth-order valence-corrected chi connectivity index (χ4v) is 3.40. The van der Waals surface area contributed by atoms with Crippen LogP contribution in [0.3, 0.4) is 0 Å². The van der Waals surface area contributed by atoms with Crippen LogP contribution in [0.2, 0.25) is 5.02 Å². The molecule has 1 aliphatic carbocycles. The van der Waals surface area contributed by atoms with Gasteiger partial charge in [0.1, 0.15) is 0 Å². The summed E-state index contributed by atoms with van der Waals surface area (Å²) in [6, 6.07) is 5.79. The maximum absolute atomic E-state index is 8.95. The fourth-order valence-electron chi connectivity index (χ4n) is 3.24. The Kier molecular flexibility index (Phi) is 3.72. The first kappa shape index (κ1) is 13.5. The van der Waals surface area contributed by atoms with E-state index in [2.05, 4.69) is 10.1 Å². The Morgan fingerprint density at radius 3 is 3.10 bits per heavy atom.